The summed E-state index contributed by atoms with van der Waals surface area (Å²) in [6, 6.07) is 5.14. The lowest BCUT2D eigenvalue weighted by molar-refractivity contribution is 0.275. The van der Waals surface area contributed by atoms with Crippen molar-refractivity contribution in [2.45, 2.75) is 24.7 Å². The van der Waals surface area contributed by atoms with Gasteiger partial charge in [0.25, 0.3) is 0 Å². The molecule has 9 heteroatoms. The number of fused-ring (bicyclic) bond motifs is 1. The van der Waals surface area contributed by atoms with Gasteiger partial charge in [-0.3, -0.25) is 4.72 Å². The van der Waals surface area contributed by atoms with Gasteiger partial charge in [-0.25, -0.2) is 8.42 Å². The molecule has 3 N–H and O–H groups in total. The normalized spacial score (nSPS) is 19.0. The van der Waals surface area contributed by atoms with Crippen molar-refractivity contribution in [1.29, 1.82) is 0 Å². The number of rotatable bonds is 3. The van der Waals surface area contributed by atoms with E-state index in [9.17, 15) is 13.4 Å². The molecule has 116 valence electrons. The number of hydrogen-bond acceptors (Lipinski definition) is 5. The molecule has 0 atom stereocenters. The Labute approximate surface area is 130 Å². The first-order valence-corrected chi connectivity index (χ1v) is 8.26. The zero-order valence-corrected chi connectivity index (χ0v) is 13.0. The molecule has 0 aliphatic carbocycles. The third-order valence-electron chi connectivity index (χ3n) is 3.79. The van der Waals surface area contributed by atoms with Crippen LogP contribution in [0.5, 0.6) is 0 Å². The first-order valence-electron chi connectivity index (χ1n) is 6.71. The largest absolute Gasteiger partial charge is 0.491 e. The van der Waals surface area contributed by atoms with Gasteiger partial charge in [0.15, 0.2) is 0 Å². The van der Waals surface area contributed by atoms with Gasteiger partial charge < -0.3 is 15.0 Å². The highest BCUT2D eigenvalue weighted by atomic mass is 35.5. The molecule has 21 heavy (non-hydrogen) atoms. The first-order chi connectivity index (χ1) is 9.56. The average molecular weight is 333 g/mol. The Hall–Kier alpha value is -0.795. The standard InChI is InChI=1S/C12H17BN2O4S.ClH/c16-13-12-7-10(2-1-9(12)8-19-13)15-20(17,18)11-3-5-14-6-4-11;/h1-2,7,11,14-16H,3-6,8H2;1H. The molecule has 0 aromatic heterocycles. The van der Waals surface area contributed by atoms with E-state index in [-0.39, 0.29) is 17.7 Å². The summed E-state index contributed by atoms with van der Waals surface area (Å²) in [5, 5.41) is 12.4. The number of hydrogen-bond donors (Lipinski definition) is 3. The number of benzene rings is 1. The number of sulfonamides is 1. The molecular weight excluding hydrogens is 314 g/mol. The fraction of sp³-hybridized carbons (Fsp3) is 0.500. The van der Waals surface area contributed by atoms with Gasteiger partial charge in [0.1, 0.15) is 0 Å². The van der Waals surface area contributed by atoms with Crippen molar-refractivity contribution in [2.24, 2.45) is 0 Å². The second-order valence-corrected chi connectivity index (χ2v) is 7.13. The van der Waals surface area contributed by atoms with Crippen LogP contribution in [0.4, 0.5) is 5.69 Å². The van der Waals surface area contributed by atoms with Crippen molar-refractivity contribution in [2.75, 3.05) is 17.8 Å². The van der Waals surface area contributed by atoms with Crippen LogP contribution in [0.3, 0.4) is 0 Å². The fourth-order valence-corrected chi connectivity index (χ4v) is 4.11. The molecule has 0 amide bonds. The van der Waals surface area contributed by atoms with Gasteiger partial charge in [-0.05, 0) is 49.1 Å². The summed E-state index contributed by atoms with van der Waals surface area (Å²) in [5.74, 6) is 0. The first kappa shape index (κ1) is 16.6. The van der Waals surface area contributed by atoms with E-state index in [1.54, 1.807) is 18.2 Å². The van der Waals surface area contributed by atoms with Gasteiger partial charge >= 0.3 is 7.12 Å². The summed E-state index contributed by atoms with van der Waals surface area (Å²) in [6.45, 7) is 1.81. The Morgan fingerprint density at radius 3 is 2.76 bits per heavy atom. The molecule has 0 unspecified atom stereocenters. The second kappa shape index (κ2) is 6.54. The van der Waals surface area contributed by atoms with Crippen LogP contribution in [-0.2, 0) is 21.3 Å². The maximum atomic E-state index is 12.3. The summed E-state index contributed by atoms with van der Waals surface area (Å²) >= 11 is 0. The molecule has 2 aliphatic rings. The van der Waals surface area contributed by atoms with Crippen LogP contribution in [0.25, 0.3) is 0 Å². The molecular formula is C12H18BClN2O4S. The minimum Gasteiger partial charge on any atom is -0.423 e. The molecule has 2 heterocycles. The zero-order valence-electron chi connectivity index (χ0n) is 11.4. The number of piperidine rings is 1. The van der Waals surface area contributed by atoms with Crippen molar-refractivity contribution in [3.63, 3.8) is 0 Å². The van der Waals surface area contributed by atoms with Crippen LogP contribution in [0.15, 0.2) is 18.2 Å². The molecule has 6 nitrogen and oxygen atoms in total. The Kier molecular flexibility index (Phi) is 5.16. The van der Waals surface area contributed by atoms with Crippen LogP contribution in [0.1, 0.15) is 18.4 Å². The van der Waals surface area contributed by atoms with Crippen molar-refractivity contribution in [3.05, 3.63) is 23.8 Å². The summed E-state index contributed by atoms with van der Waals surface area (Å²) in [4.78, 5) is 0. The third kappa shape index (κ3) is 3.52. The second-order valence-electron chi connectivity index (χ2n) is 5.17. The summed E-state index contributed by atoms with van der Waals surface area (Å²) < 4.78 is 32.3. The van der Waals surface area contributed by atoms with Crippen molar-refractivity contribution < 1.29 is 18.1 Å². The monoisotopic (exact) mass is 332 g/mol. The van der Waals surface area contributed by atoms with Crippen LogP contribution < -0.4 is 15.5 Å². The molecule has 0 radical (unpaired) electrons. The Morgan fingerprint density at radius 1 is 1.33 bits per heavy atom. The van der Waals surface area contributed by atoms with Crippen molar-refractivity contribution in [3.8, 4) is 0 Å². The van der Waals surface area contributed by atoms with Gasteiger partial charge in [0.2, 0.25) is 10.0 Å². The van der Waals surface area contributed by atoms with E-state index in [2.05, 4.69) is 10.0 Å². The lowest BCUT2D eigenvalue weighted by Crippen LogP contribution is -2.38. The van der Waals surface area contributed by atoms with Gasteiger partial charge in [-0.2, -0.15) is 0 Å². The maximum absolute atomic E-state index is 12.3. The van der Waals surface area contributed by atoms with Crippen molar-refractivity contribution >= 4 is 40.7 Å². The lowest BCUT2D eigenvalue weighted by Gasteiger charge is -2.23. The molecule has 3 rings (SSSR count). The Balaban J connectivity index is 0.00000161. The minimum absolute atomic E-state index is 0. The molecule has 0 spiro atoms. The third-order valence-corrected chi connectivity index (χ3v) is 5.66. The van der Waals surface area contributed by atoms with E-state index in [0.717, 1.165) is 18.7 Å². The molecule has 1 fully saturated rings. The van der Waals surface area contributed by atoms with E-state index in [1.165, 1.54) is 0 Å². The summed E-state index contributed by atoms with van der Waals surface area (Å²) in [6.07, 6.45) is 1.23. The van der Waals surface area contributed by atoms with Crippen LogP contribution in [-0.4, -0.2) is 38.9 Å². The molecule has 1 saturated heterocycles. The predicted octanol–water partition coefficient (Wildman–Crippen LogP) is -0.180. The SMILES string of the molecule is Cl.O=S(=O)(Nc1ccc2c(c1)B(O)OC2)C1CCNCC1. The van der Waals surface area contributed by atoms with Crippen LogP contribution in [0, 0.1) is 0 Å². The Bertz CT molecular complexity index is 607. The molecule has 0 bridgehead atoms. The zero-order chi connectivity index (χ0) is 14.2. The van der Waals surface area contributed by atoms with Gasteiger partial charge in [-0.15, -0.1) is 12.4 Å². The van der Waals surface area contributed by atoms with E-state index >= 15 is 0 Å². The van der Waals surface area contributed by atoms with E-state index in [4.69, 9.17) is 4.65 Å². The summed E-state index contributed by atoms with van der Waals surface area (Å²) in [5.41, 5.74) is 2.00. The number of anilines is 1. The number of halogens is 1. The average Bonchev–Trinajstić information content (AvgIpc) is 2.81. The molecule has 1 aromatic rings. The highest BCUT2D eigenvalue weighted by Crippen LogP contribution is 2.19. The van der Waals surface area contributed by atoms with E-state index in [0.29, 0.717) is 30.6 Å². The minimum atomic E-state index is -3.38. The highest BCUT2D eigenvalue weighted by Gasteiger charge is 2.30. The molecule has 0 saturated carbocycles. The topological polar surface area (TPSA) is 87.7 Å². The highest BCUT2D eigenvalue weighted by molar-refractivity contribution is 7.93. The predicted molar refractivity (Wildman–Crippen MR) is 84.5 cm³/mol. The fourth-order valence-electron chi connectivity index (χ4n) is 2.63. The van der Waals surface area contributed by atoms with Crippen LogP contribution in [0.2, 0.25) is 0 Å². The van der Waals surface area contributed by atoms with Gasteiger partial charge in [-0.1, -0.05) is 6.07 Å². The Morgan fingerprint density at radius 2 is 2.05 bits per heavy atom. The smallest absolute Gasteiger partial charge is 0.423 e. The lowest BCUT2D eigenvalue weighted by atomic mass is 9.79. The van der Waals surface area contributed by atoms with Gasteiger partial charge in [0, 0.05) is 5.69 Å². The molecule has 2 aliphatic heterocycles. The maximum Gasteiger partial charge on any atom is 0.491 e. The van der Waals surface area contributed by atoms with Gasteiger partial charge in [0.05, 0.1) is 11.9 Å². The quantitative estimate of drug-likeness (QED) is 0.668. The van der Waals surface area contributed by atoms with Crippen LogP contribution >= 0.6 is 12.4 Å². The van der Waals surface area contributed by atoms with E-state index < -0.39 is 17.1 Å². The number of nitrogens with one attached hydrogen (secondary N) is 2. The molecule has 1 aromatic carbocycles. The van der Waals surface area contributed by atoms with Crippen molar-refractivity contribution in [1.82, 2.24) is 5.32 Å². The van der Waals surface area contributed by atoms with E-state index in [1.807, 2.05) is 0 Å². The summed E-state index contributed by atoms with van der Waals surface area (Å²) in [7, 11) is -4.35.